The summed E-state index contributed by atoms with van der Waals surface area (Å²) >= 11 is 0. The standard InChI is InChI=1S/C11H12N2O5S/c1-18-8-4-2-3-7-11(8)9(19(12,16)17)5-13(7)6-10(14)15/h2-5H,6H2,1H3,(H,14,15)(H2,12,16,17). The lowest BCUT2D eigenvalue weighted by Gasteiger charge is -2.04. The van der Waals surface area contributed by atoms with Crippen molar-refractivity contribution < 1.29 is 23.1 Å². The Hall–Kier alpha value is -2.06. The van der Waals surface area contributed by atoms with Crippen LogP contribution in [0.25, 0.3) is 10.9 Å². The quantitative estimate of drug-likeness (QED) is 0.843. The topological polar surface area (TPSA) is 112 Å². The van der Waals surface area contributed by atoms with E-state index in [4.69, 9.17) is 15.0 Å². The van der Waals surface area contributed by atoms with Crippen LogP contribution in [0.2, 0.25) is 0 Å². The second-order valence-corrected chi connectivity index (χ2v) is 5.44. The van der Waals surface area contributed by atoms with Crippen LogP contribution in [0.3, 0.4) is 0 Å². The van der Waals surface area contributed by atoms with Gasteiger partial charge in [-0.3, -0.25) is 4.79 Å². The van der Waals surface area contributed by atoms with Crippen LogP contribution in [0.5, 0.6) is 5.75 Å². The smallest absolute Gasteiger partial charge is 0.323 e. The van der Waals surface area contributed by atoms with Gasteiger partial charge < -0.3 is 14.4 Å². The van der Waals surface area contributed by atoms with E-state index >= 15 is 0 Å². The highest BCUT2D eigenvalue weighted by molar-refractivity contribution is 7.89. The molecule has 8 heteroatoms. The first-order valence-electron chi connectivity index (χ1n) is 5.25. The number of carboxylic acids is 1. The lowest BCUT2D eigenvalue weighted by molar-refractivity contribution is -0.137. The maximum absolute atomic E-state index is 11.6. The predicted octanol–water partition coefficient (Wildman–Crippen LogP) is 0.382. The number of hydrogen-bond donors (Lipinski definition) is 2. The van der Waals surface area contributed by atoms with E-state index in [9.17, 15) is 13.2 Å². The first-order valence-corrected chi connectivity index (χ1v) is 6.79. The number of benzene rings is 1. The van der Waals surface area contributed by atoms with Gasteiger partial charge in [0.25, 0.3) is 0 Å². The summed E-state index contributed by atoms with van der Waals surface area (Å²) in [5, 5.41) is 14.3. The van der Waals surface area contributed by atoms with Crippen LogP contribution >= 0.6 is 0 Å². The van der Waals surface area contributed by atoms with Crippen molar-refractivity contribution in [2.24, 2.45) is 5.14 Å². The van der Waals surface area contributed by atoms with Gasteiger partial charge >= 0.3 is 5.97 Å². The second kappa shape index (κ2) is 4.56. The monoisotopic (exact) mass is 284 g/mol. The zero-order valence-electron chi connectivity index (χ0n) is 10.0. The number of ether oxygens (including phenoxy) is 1. The van der Waals surface area contributed by atoms with Gasteiger partial charge in [-0.05, 0) is 12.1 Å². The van der Waals surface area contributed by atoms with Crippen LogP contribution in [0.1, 0.15) is 0 Å². The number of aliphatic carboxylic acids is 1. The summed E-state index contributed by atoms with van der Waals surface area (Å²) in [4.78, 5) is 10.6. The largest absolute Gasteiger partial charge is 0.496 e. The lowest BCUT2D eigenvalue weighted by atomic mass is 10.2. The fraction of sp³-hybridized carbons (Fsp3) is 0.182. The van der Waals surface area contributed by atoms with Gasteiger partial charge in [0.15, 0.2) is 0 Å². The van der Waals surface area contributed by atoms with Gasteiger partial charge in [-0.25, -0.2) is 13.6 Å². The van der Waals surface area contributed by atoms with Crippen molar-refractivity contribution in [2.45, 2.75) is 11.4 Å². The molecule has 0 aliphatic heterocycles. The molecule has 0 aliphatic rings. The first-order chi connectivity index (χ1) is 8.84. The van der Waals surface area contributed by atoms with Crippen molar-refractivity contribution in [1.82, 2.24) is 4.57 Å². The molecule has 0 unspecified atom stereocenters. The first kappa shape index (κ1) is 13.4. The van der Waals surface area contributed by atoms with Crippen LogP contribution in [-0.4, -0.2) is 31.2 Å². The molecule has 102 valence electrons. The number of fused-ring (bicyclic) bond motifs is 1. The zero-order chi connectivity index (χ0) is 14.2. The highest BCUT2D eigenvalue weighted by Gasteiger charge is 2.21. The Morgan fingerprint density at radius 1 is 1.47 bits per heavy atom. The average Bonchev–Trinajstić information content (AvgIpc) is 2.67. The maximum Gasteiger partial charge on any atom is 0.323 e. The molecule has 2 aromatic rings. The Bertz CT molecular complexity index is 748. The molecule has 0 spiro atoms. The minimum absolute atomic E-state index is 0.152. The number of carboxylic acid groups (broad SMARTS) is 1. The van der Waals surface area contributed by atoms with Gasteiger partial charge in [-0.15, -0.1) is 0 Å². The Morgan fingerprint density at radius 3 is 2.68 bits per heavy atom. The zero-order valence-corrected chi connectivity index (χ0v) is 10.8. The molecule has 3 N–H and O–H groups in total. The molecule has 7 nitrogen and oxygen atoms in total. The van der Waals surface area contributed by atoms with Gasteiger partial charge in [0.2, 0.25) is 10.0 Å². The molecule has 0 aliphatic carbocycles. The molecule has 0 amide bonds. The molecular formula is C11H12N2O5S. The van der Waals surface area contributed by atoms with E-state index in [0.29, 0.717) is 11.3 Å². The molecule has 2 rings (SSSR count). The number of methoxy groups -OCH3 is 1. The van der Waals surface area contributed by atoms with E-state index in [1.54, 1.807) is 18.2 Å². The van der Waals surface area contributed by atoms with Crippen LogP contribution < -0.4 is 9.88 Å². The molecular weight excluding hydrogens is 272 g/mol. The van der Waals surface area contributed by atoms with Gasteiger partial charge in [-0.1, -0.05) is 6.07 Å². The van der Waals surface area contributed by atoms with E-state index in [2.05, 4.69) is 0 Å². The Labute approximate surface area is 109 Å². The van der Waals surface area contributed by atoms with Gasteiger partial charge in [0.05, 0.1) is 18.0 Å². The Balaban J connectivity index is 2.85. The number of primary sulfonamides is 1. The third kappa shape index (κ3) is 2.40. The molecule has 19 heavy (non-hydrogen) atoms. The molecule has 0 bridgehead atoms. The van der Waals surface area contributed by atoms with Crippen molar-refractivity contribution in [3.8, 4) is 5.75 Å². The van der Waals surface area contributed by atoms with Crippen LogP contribution in [0, 0.1) is 0 Å². The highest BCUT2D eigenvalue weighted by Crippen LogP contribution is 2.32. The van der Waals surface area contributed by atoms with Crippen molar-refractivity contribution >= 4 is 26.9 Å². The Kier molecular flexibility index (Phi) is 3.21. The molecule has 0 saturated carbocycles. The van der Waals surface area contributed by atoms with Crippen molar-refractivity contribution in [1.29, 1.82) is 0 Å². The van der Waals surface area contributed by atoms with Crippen LogP contribution in [-0.2, 0) is 21.4 Å². The molecule has 0 radical (unpaired) electrons. The molecule has 0 saturated heterocycles. The Morgan fingerprint density at radius 2 is 2.16 bits per heavy atom. The molecule has 0 fully saturated rings. The number of rotatable bonds is 4. The summed E-state index contributed by atoms with van der Waals surface area (Å²) in [5.41, 5.74) is 0.436. The second-order valence-electron chi connectivity index (χ2n) is 3.91. The average molecular weight is 284 g/mol. The van der Waals surface area contributed by atoms with Gasteiger partial charge in [0, 0.05) is 6.20 Å². The summed E-state index contributed by atoms with van der Waals surface area (Å²) in [7, 11) is -2.57. The number of sulfonamides is 1. The summed E-state index contributed by atoms with van der Waals surface area (Å²) in [6.45, 7) is -0.362. The summed E-state index contributed by atoms with van der Waals surface area (Å²) in [6.07, 6.45) is 1.20. The fourth-order valence-electron chi connectivity index (χ4n) is 1.94. The van der Waals surface area contributed by atoms with E-state index < -0.39 is 16.0 Å². The van der Waals surface area contributed by atoms with E-state index in [1.165, 1.54) is 17.9 Å². The number of hydrogen-bond acceptors (Lipinski definition) is 4. The van der Waals surface area contributed by atoms with Crippen molar-refractivity contribution in [2.75, 3.05) is 7.11 Å². The predicted molar refractivity (Wildman–Crippen MR) is 67.5 cm³/mol. The number of nitrogens with two attached hydrogens (primary N) is 1. The van der Waals surface area contributed by atoms with E-state index in [0.717, 1.165) is 0 Å². The highest BCUT2D eigenvalue weighted by atomic mass is 32.2. The molecule has 1 heterocycles. The normalized spacial score (nSPS) is 11.7. The van der Waals surface area contributed by atoms with Crippen molar-refractivity contribution in [3.05, 3.63) is 24.4 Å². The third-order valence-electron chi connectivity index (χ3n) is 2.67. The lowest BCUT2D eigenvalue weighted by Crippen LogP contribution is -2.12. The van der Waals surface area contributed by atoms with Gasteiger partial charge in [0.1, 0.15) is 17.2 Å². The van der Waals surface area contributed by atoms with Crippen molar-refractivity contribution in [3.63, 3.8) is 0 Å². The number of aromatic nitrogens is 1. The minimum atomic E-state index is -3.97. The fourth-order valence-corrected chi connectivity index (χ4v) is 2.71. The summed E-state index contributed by atoms with van der Waals surface area (Å²) in [5.74, 6) is -0.758. The van der Waals surface area contributed by atoms with Gasteiger partial charge in [-0.2, -0.15) is 0 Å². The number of nitrogens with zero attached hydrogens (tertiary/aromatic N) is 1. The van der Waals surface area contributed by atoms with E-state index in [1.807, 2.05) is 0 Å². The van der Waals surface area contributed by atoms with Crippen LogP contribution in [0.15, 0.2) is 29.3 Å². The van der Waals surface area contributed by atoms with E-state index in [-0.39, 0.29) is 16.8 Å². The molecule has 1 aromatic heterocycles. The molecule has 0 atom stereocenters. The third-order valence-corrected chi connectivity index (χ3v) is 3.59. The molecule has 1 aromatic carbocycles. The van der Waals surface area contributed by atoms with Crippen LogP contribution in [0.4, 0.5) is 0 Å². The number of carbonyl (C=O) groups is 1. The summed E-state index contributed by atoms with van der Waals surface area (Å²) < 4.78 is 29.6. The SMILES string of the molecule is COc1cccc2c1c(S(N)(=O)=O)cn2CC(=O)O. The summed E-state index contributed by atoms with van der Waals surface area (Å²) in [6, 6.07) is 4.84. The minimum Gasteiger partial charge on any atom is -0.496 e. The maximum atomic E-state index is 11.6.